The van der Waals surface area contributed by atoms with Gasteiger partial charge in [-0.15, -0.1) is 0 Å². The van der Waals surface area contributed by atoms with Crippen LogP contribution in [0, 0.1) is 0 Å². The highest BCUT2D eigenvalue weighted by molar-refractivity contribution is 5.67. The highest BCUT2D eigenvalue weighted by Gasteiger charge is 2.53. The van der Waals surface area contributed by atoms with Gasteiger partial charge in [0.2, 0.25) is 0 Å². The molecule has 28 heavy (non-hydrogen) atoms. The molecule has 0 amide bonds. The highest BCUT2D eigenvalue weighted by Crippen LogP contribution is 2.36. The summed E-state index contributed by atoms with van der Waals surface area (Å²) >= 11 is 0. The number of ether oxygens (including phenoxy) is 7. The Morgan fingerprint density at radius 3 is 2.18 bits per heavy atom. The summed E-state index contributed by atoms with van der Waals surface area (Å²) < 4.78 is 38.9. The van der Waals surface area contributed by atoms with Crippen molar-refractivity contribution in [1.82, 2.24) is 0 Å². The molecule has 2 fully saturated rings. The molecule has 0 aliphatic carbocycles. The van der Waals surface area contributed by atoms with Gasteiger partial charge in [0.15, 0.2) is 24.8 Å². The minimum Gasteiger partial charge on any atom is -0.497 e. The van der Waals surface area contributed by atoms with Crippen LogP contribution in [0.3, 0.4) is 0 Å². The summed E-state index contributed by atoms with van der Waals surface area (Å²) in [6.07, 6.45) is -4.77. The third kappa shape index (κ3) is 4.44. The normalized spacial score (nSPS) is 32.1. The van der Waals surface area contributed by atoms with Gasteiger partial charge in [0, 0.05) is 26.5 Å². The molecule has 0 spiro atoms. The molecule has 0 radical (unpaired) electrons. The average Bonchev–Trinajstić information content (AvgIpc) is 2.68. The van der Waals surface area contributed by atoms with Crippen molar-refractivity contribution in [2.75, 3.05) is 20.8 Å². The lowest BCUT2D eigenvalue weighted by Gasteiger charge is -2.47. The molecule has 2 aliphatic heterocycles. The van der Waals surface area contributed by atoms with E-state index in [4.69, 9.17) is 33.2 Å². The van der Waals surface area contributed by atoms with E-state index in [-0.39, 0.29) is 6.61 Å². The number of benzene rings is 1. The zero-order valence-electron chi connectivity index (χ0n) is 16.2. The van der Waals surface area contributed by atoms with Crippen molar-refractivity contribution < 1.29 is 42.7 Å². The van der Waals surface area contributed by atoms with Gasteiger partial charge in [0.05, 0.1) is 13.7 Å². The molecule has 0 N–H and O–H groups in total. The predicted molar refractivity (Wildman–Crippen MR) is 93.3 cm³/mol. The van der Waals surface area contributed by atoms with Crippen LogP contribution in [0.5, 0.6) is 5.75 Å². The van der Waals surface area contributed by atoms with Crippen LogP contribution in [0.2, 0.25) is 0 Å². The molecule has 2 saturated heterocycles. The standard InChI is InChI=1S/C19H24O9/c1-10(20)25-16-15-14(27-19(23-4)17(16)26-11(2)21)9-24-18(28-15)12-5-7-13(22-3)8-6-12/h5-8,14-19H,9H2,1-4H3/t14-,15-,16+,17-,18?,19-/m1/s1. The highest BCUT2D eigenvalue weighted by atomic mass is 16.8. The van der Waals surface area contributed by atoms with Gasteiger partial charge in [-0.05, 0) is 12.1 Å². The molecule has 0 aromatic heterocycles. The van der Waals surface area contributed by atoms with Gasteiger partial charge in [-0.2, -0.15) is 0 Å². The fourth-order valence-corrected chi connectivity index (χ4v) is 3.31. The molecular formula is C19H24O9. The molecule has 0 saturated carbocycles. The predicted octanol–water partition coefficient (Wildman–Crippen LogP) is 1.34. The smallest absolute Gasteiger partial charge is 0.303 e. The third-order valence-corrected chi connectivity index (χ3v) is 4.51. The first-order chi connectivity index (χ1) is 13.4. The first kappa shape index (κ1) is 20.5. The number of methoxy groups -OCH3 is 2. The molecule has 9 heteroatoms. The Hall–Kier alpha value is -2.20. The van der Waals surface area contributed by atoms with Crippen LogP contribution < -0.4 is 4.74 Å². The van der Waals surface area contributed by atoms with Gasteiger partial charge in [0.25, 0.3) is 0 Å². The van der Waals surface area contributed by atoms with E-state index in [1.165, 1.54) is 21.0 Å². The van der Waals surface area contributed by atoms with Crippen LogP contribution in [0.4, 0.5) is 0 Å². The third-order valence-electron chi connectivity index (χ3n) is 4.51. The van der Waals surface area contributed by atoms with Gasteiger partial charge in [0.1, 0.15) is 18.0 Å². The maximum atomic E-state index is 11.7. The van der Waals surface area contributed by atoms with Crippen LogP contribution in [0.25, 0.3) is 0 Å². The molecule has 2 aliphatic rings. The van der Waals surface area contributed by atoms with Gasteiger partial charge in [-0.1, -0.05) is 12.1 Å². The lowest BCUT2D eigenvalue weighted by molar-refractivity contribution is -0.359. The first-order valence-electron chi connectivity index (χ1n) is 8.86. The number of rotatable bonds is 5. The van der Waals surface area contributed by atoms with Crippen LogP contribution >= 0.6 is 0 Å². The molecule has 1 aromatic carbocycles. The van der Waals surface area contributed by atoms with E-state index in [1.54, 1.807) is 19.2 Å². The zero-order chi connectivity index (χ0) is 20.3. The van der Waals surface area contributed by atoms with Gasteiger partial charge in [-0.25, -0.2) is 0 Å². The summed E-state index contributed by atoms with van der Waals surface area (Å²) in [6, 6.07) is 7.21. The minimum atomic E-state index is -0.970. The Kier molecular flexibility index (Phi) is 6.50. The Morgan fingerprint density at radius 1 is 0.964 bits per heavy atom. The summed E-state index contributed by atoms with van der Waals surface area (Å²) in [5.74, 6) is -0.382. The van der Waals surface area contributed by atoms with Crippen molar-refractivity contribution in [3.8, 4) is 5.75 Å². The summed E-state index contributed by atoms with van der Waals surface area (Å²) in [5, 5.41) is 0. The lowest BCUT2D eigenvalue weighted by Crippen LogP contribution is -2.64. The molecular weight excluding hydrogens is 372 g/mol. The Bertz CT molecular complexity index is 689. The van der Waals surface area contributed by atoms with Crippen LogP contribution in [-0.4, -0.2) is 63.5 Å². The van der Waals surface area contributed by atoms with E-state index in [9.17, 15) is 9.59 Å². The Morgan fingerprint density at radius 2 is 1.61 bits per heavy atom. The van der Waals surface area contributed by atoms with E-state index in [2.05, 4.69) is 0 Å². The zero-order valence-corrected chi connectivity index (χ0v) is 16.2. The van der Waals surface area contributed by atoms with Crippen molar-refractivity contribution in [3.63, 3.8) is 0 Å². The topological polar surface area (TPSA) is 98.8 Å². The molecule has 154 valence electrons. The van der Waals surface area contributed by atoms with Gasteiger partial charge < -0.3 is 33.2 Å². The second-order valence-electron chi connectivity index (χ2n) is 6.47. The number of hydrogen-bond donors (Lipinski definition) is 0. The van der Waals surface area contributed by atoms with E-state index in [0.29, 0.717) is 5.75 Å². The summed E-state index contributed by atoms with van der Waals surface area (Å²) in [4.78, 5) is 23.2. The number of carbonyl (C=O) groups excluding carboxylic acids is 2. The monoisotopic (exact) mass is 396 g/mol. The second kappa shape index (κ2) is 8.87. The van der Waals surface area contributed by atoms with Crippen molar-refractivity contribution in [2.45, 2.75) is 50.8 Å². The number of esters is 2. The van der Waals surface area contributed by atoms with E-state index >= 15 is 0 Å². The molecule has 6 atom stereocenters. The molecule has 9 nitrogen and oxygen atoms in total. The van der Waals surface area contributed by atoms with Crippen molar-refractivity contribution in [1.29, 1.82) is 0 Å². The summed E-state index contributed by atoms with van der Waals surface area (Å²) in [5.41, 5.74) is 0.763. The molecule has 1 aromatic rings. The van der Waals surface area contributed by atoms with Gasteiger partial charge >= 0.3 is 11.9 Å². The first-order valence-corrected chi connectivity index (χ1v) is 8.86. The molecule has 2 heterocycles. The van der Waals surface area contributed by atoms with Gasteiger partial charge in [-0.3, -0.25) is 9.59 Å². The molecule has 3 rings (SSSR count). The maximum absolute atomic E-state index is 11.7. The quantitative estimate of drug-likeness (QED) is 0.683. The van der Waals surface area contributed by atoms with Crippen LogP contribution in [0.15, 0.2) is 24.3 Å². The molecule has 1 unspecified atom stereocenters. The van der Waals surface area contributed by atoms with Crippen LogP contribution in [-0.2, 0) is 38.0 Å². The molecule has 0 bridgehead atoms. The number of hydrogen-bond acceptors (Lipinski definition) is 9. The minimum absolute atomic E-state index is 0.186. The summed E-state index contributed by atoms with van der Waals surface area (Å²) in [6.45, 7) is 2.72. The van der Waals surface area contributed by atoms with Crippen LogP contribution in [0.1, 0.15) is 25.7 Å². The van der Waals surface area contributed by atoms with E-state index in [1.807, 2.05) is 12.1 Å². The fraction of sp³-hybridized carbons (Fsp3) is 0.579. The van der Waals surface area contributed by atoms with Crippen molar-refractivity contribution in [3.05, 3.63) is 29.8 Å². The SMILES string of the molecule is COc1ccc(C2OC[C@H]3O[C@@H](OC)[C@H](OC(C)=O)[C@@H](OC(C)=O)[C@@H]3O2)cc1. The van der Waals surface area contributed by atoms with Crippen molar-refractivity contribution in [2.24, 2.45) is 0 Å². The van der Waals surface area contributed by atoms with Crippen molar-refractivity contribution >= 4 is 11.9 Å². The number of carbonyl (C=O) groups is 2. The fourth-order valence-electron chi connectivity index (χ4n) is 3.31. The second-order valence-corrected chi connectivity index (χ2v) is 6.47. The van der Waals surface area contributed by atoms with E-state index < -0.39 is 48.9 Å². The Labute approximate surface area is 162 Å². The largest absolute Gasteiger partial charge is 0.497 e. The summed E-state index contributed by atoms with van der Waals surface area (Å²) in [7, 11) is 2.99. The number of fused-ring (bicyclic) bond motifs is 1. The lowest BCUT2D eigenvalue weighted by atomic mass is 9.97. The average molecular weight is 396 g/mol. The Balaban J connectivity index is 1.84. The maximum Gasteiger partial charge on any atom is 0.303 e. The van der Waals surface area contributed by atoms with E-state index in [0.717, 1.165) is 5.56 Å².